The second kappa shape index (κ2) is 8.96. The molecule has 1 aromatic carbocycles. The number of benzene rings is 1. The van der Waals surface area contributed by atoms with Crippen LogP contribution in [0.5, 0.6) is 5.75 Å². The van der Waals surface area contributed by atoms with Crippen LogP contribution in [0.3, 0.4) is 0 Å². The molecule has 1 heterocycles. The van der Waals surface area contributed by atoms with Crippen LogP contribution < -0.4 is 10.1 Å². The highest BCUT2D eigenvalue weighted by Gasteiger charge is 2.32. The number of hydrogen-bond acceptors (Lipinski definition) is 4. The largest absolute Gasteiger partial charge is 0.490 e. The molecule has 0 aliphatic heterocycles. The molecule has 1 aromatic heterocycles. The fourth-order valence-electron chi connectivity index (χ4n) is 3.52. The Morgan fingerprint density at radius 3 is 2.68 bits per heavy atom. The highest BCUT2D eigenvalue weighted by molar-refractivity contribution is 5.66. The van der Waals surface area contributed by atoms with Gasteiger partial charge in [0, 0.05) is 37.0 Å². The van der Waals surface area contributed by atoms with Crippen molar-refractivity contribution in [2.24, 2.45) is 0 Å². The van der Waals surface area contributed by atoms with E-state index in [9.17, 15) is 13.2 Å². The van der Waals surface area contributed by atoms with E-state index < -0.39 is 11.7 Å². The summed E-state index contributed by atoms with van der Waals surface area (Å²) in [5, 5.41) is 10.1. The molecule has 3 rings (SSSR count). The third-order valence-electron chi connectivity index (χ3n) is 5.02. The number of alkyl halides is 3. The van der Waals surface area contributed by atoms with Crippen LogP contribution in [-0.2, 0) is 12.7 Å². The van der Waals surface area contributed by atoms with E-state index in [4.69, 9.17) is 4.74 Å². The number of rotatable bonds is 8. The van der Waals surface area contributed by atoms with Crippen molar-refractivity contribution in [3.63, 3.8) is 0 Å². The van der Waals surface area contributed by atoms with Crippen molar-refractivity contribution in [3.8, 4) is 17.0 Å². The van der Waals surface area contributed by atoms with E-state index >= 15 is 0 Å². The van der Waals surface area contributed by atoms with Gasteiger partial charge in [-0.05, 0) is 58.0 Å². The summed E-state index contributed by atoms with van der Waals surface area (Å²) < 4.78 is 46.2. The van der Waals surface area contributed by atoms with Crippen molar-refractivity contribution in [2.45, 2.75) is 44.5 Å². The molecule has 0 bridgehead atoms. The predicted octanol–water partition coefficient (Wildman–Crippen LogP) is 4.07. The van der Waals surface area contributed by atoms with Gasteiger partial charge < -0.3 is 15.0 Å². The van der Waals surface area contributed by atoms with Crippen molar-refractivity contribution < 1.29 is 17.9 Å². The number of likely N-dealkylation sites (N-methyl/N-ethyl adjacent to an activating group) is 2. The van der Waals surface area contributed by atoms with Crippen LogP contribution in [0.25, 0.3) is 11.3 Å². The minimum absolute atomic E-state index is 0.0114. The number of H-pyrrole nitrogens is 1. The molecule has 8 heteroatoms. The summed E-state index contributed by atoms with van der Waals surface area (Å²) >= 11 is 0. The first-order chi connectivity index (χ1) is 13.4. The van der Waals surface area contributed by atoms with Crippen LogP contribution in [0.4, 0.5) is 13.2 Å². The number of hydrogen-bond donors (Lipinski definition) is 2. The van der Waals surface area contributed by atoms with E-state index in [1.807, 2.05) is 14.1 Å². The van der Waals surface area contributed by atoms with Gasteiger partial charge in [-0.3, -0.25) is 5.10 Å². The monoisotopic (exact) mass is 396 g/mol. The van der Waals surface area contributed by atoms with Crippen molar-refractivity contribution >= 4 is 0 Å². The van der Waals surface area contributed by atoms with E-state index in [0.29, 0.717) is 17.8 Å². The normalized spacial score (nSPS) is 15.5. The van der Waals surface area contributed by atoms with Gasteiger partial charge in [-0.15, -0.1) is 0 Å². The van der Waals surface area contributed by atoms with E-state index in [1.165, 1.54) is 0 Å². The van der Waals surface area contributed by atoms with Gasteiger partial charge in [0.2, 0.25) is 0 Å². The maximum absolute atomic E-state index is 13.5. The molecule has 2 N–H and O–H groups in total. The Hall–Kier alpha value is -2.06. The lowest BCUT2D eigenvalue weighted by Crippen LogP contribution is -2.27. The summed E-state index contributed by atoms with van der Waals surface area (Å²) in [5.41, 5.74) is 1.08. The molecule has 0 unspecified atom stereocenters. The van der Waals surface area contributed by atoms with Gasteiger partial charge in [-0.2, -0.15) is 18.3 Å². The molecule has 0 atom stereocenters. The van der Waals surface area contributed by atoms with Gasteiger partial charge in [0.1, 0.15) is 5.75 Å². The van der Waals surface area contributed by atoms with E-state index in [1.54, 1.807) is 12.3 Å². The molecule has 0 saturated heterocycles. The number of nitrogens with zero attached hydrogens (tertiary/aromatic N) is 2. The molecule has 2 aromatic rings. The molecular formula is C20H27F3N4O. The van der Waals surface area contributed by atoms with Gasteiger partial charge in [0.05, 0.1) is 17.4 Å². The van der Waals surface area contributed by atoms with E-state index in [2.05, 4.69) is 20.4 Å². The topological polar surface area (TPSA) is 53.2 Å². The highest BCUT2D eigenvalue weighted by Crippen LogP contribution is 2.37. The van der Waals surface area contributed by atoms with Crippen LogP contribution in [-0.4, -0.2) is 48.4 Å². The predicted molar refractivity (Wildman–Crippen MR) is 102 cm³/mol. The third kappa shape index (κ3) is 5.26. The van der Waals surface area contributed by atoms with Crippen LogP contribution in [0.2, 0.25) is 0 Å². The zero-order valence-electron chi connectivity index (χ0n) is 16.3. The Morgan fingerprint density at radius 1 is 1.25 bits per heavy atom. The zero-order valence-corrected chi connectivity index (χ0v) is 16.3. The quantitative estimate of drug-likeness (QED) is 0.706. The number of halogens is 3. The first-order valence-corrected chi connectivity index (χ1v) is 9.62. The smallest absolute Gasteiger partial charge is 0.416 e. The Morgan fingerprint density at radius 2 is 2.00 bits per heavy atom. The summed E-state index contributed by atoms with van der Waals surface area (Å²) in [7, 11) is 3.85. The summed E-state index contributed by atoms with van der Waals surface area (Å²) in [6, 6.07) is 3.91. The molecule has 154 valence electrons. The first-order valence-electron chi connectivity index (χ1n) is 9.62. The maximum Gasteiger partial charge on any atom is 0.416 e. The number of nitrogens with one attached hydrogen (secondary N) is 2. The lowest BCUT2D eigenvalue weighted by atomic mass is 10.0. The number of aromatic amines is 1. The second-order valence-corrected chi connectivity index (χ2v) is 7.37. The van der Waals surface area contributed by atoms with Crippen LogP contribution >= 0.6 is 0 Å². The van der Waals surface area contributed by atoms with Crippen LogP contribution in [0.1, 0.15) is 36.8 Å². The number of ether oxygens (including phenoxy) is 1. The minimum atomic E-state index is -4.44. The average Bonchev–Trinajstić information content (AvgIpc) is 3.31. The lowest BCUT2D eigenvalue weighted by Gasteiger charge is -2.18. The Balaban J connectivity index is 1.89. The Kier molecular flexibility index (Phi) is 6.61. The molecule has 5 nitrogen and oxygen atoms in total. The molecule has 1 aliphatic carbocycles. The van der Waals surface area contributed by atoms with E-state index in [0.717, 1.165) is 56.5 Å². The summed E-state index contributed by atoms with van der Waals surface area (Å²) in [4.78, 5) is 2.09. The zero-order chi connectivity index (χ0) is 20.1. The molecule has 0 amide bonds. The molecule has 1 aliphatic rings. The fourth-order valence-corrected chi connectivity index (χ4v) is 3.52. The second-order valence-electron chi connectivity index (χ2n) is 7.37. The van der Waals surface area contributed by atoms with Gasteiger partial charge in [0.15, 0.2) is 0 Å². The van der Waals surface area contributed by atoms with Gasteiger partial charge in [-0.1, -0.05) is 0 Å². The minimum Gasteiger partial charge on any atom is -0.490 e. The molecule has 0 spiro atoms. The first kappa shape index (κ1) is 20.7. The molecule has 0 radical (unpaired) electrons. The van der Waals surface area contributed by atoms with Crippen molar-refractivity contribution in [1.82, 2.24) is 20.4 Å². The van der Waals surface area contributed by atoms with Crippen LogP contribution in [0, 0.1) is 0 Å². The highest BCUT2D eigenvalue weighted by atomic mass is 19.4. The Labute approximate surface area is 163 Å². The van der Waals surface area contributed by atoms with Crippen molar-refractivity contribution in [2.75, 3.05) is 27.2 Å². The summed E-state index contributed by atoms with van der Waals surface area (Å²) in [6.07, 6.45) is 1.16. The van der Waals surface area contributed by atoms with Crippen molar-refractivity contribution in [3.05, 3.63) is 35.5 Å². The van der Waals surface area contributed by atoms with Crippen molar-refractivity contribution in [1.29, 1.82) is 0 Å². The SMILES string of the molecule is CNCCN(C)Cc1c[nH]nc1-c1cc(OC2CCCC2)cc(C(F)(F)F)c1. The molecule has 28 heavy (non-hydrogen) atoms. The fraction of sp³-hybridized carbons (Fsp3) is 0.550. The maximum atomic E-state index is 13.5. The van der Waals surface area contributed by atoms with E-state index in [-0.39, 0.29) is 11.9 Å². The lowest BCUT2D eigenvalue weighted by molar-refractivity contribution is -0.137. The van der Waals surface area contributed by atoms with Gasteiger partial charge >= 0.3 is 6.18 Å². The van der Waals surface area contributed by atoms with Gasteiger partial charge in [-0.25, -0.2) is 0 Å². The number of aromatic nitrogens is 2. The summed E-state index contributed by atoms with van der Waals surface area (Å²) in [5.74, 6) is 0.259. The third-order valence-corrected chi connectivity index (χ3v) is 5.02. The molecule has 1 fully saturated rings. The molecule has 1 saturated carbocycles. The Bertz CT molecular complexity index is 769. The van der Waals surface area contributed by atoms with Crippen LogP contribution in [0.15, 0.2) is 24.4 Å². The van der Waals surface area contributed by atoms with Gasteiger partial charge in [0.25, 0.3) is 0 Å². The standard InChI is InChI=1S/C20H27F3N4O/c1-24-7-8-27(2)13-15-12-25-26-19(15)14-9-16(20(21,22)23)11-18(10-14)28-17-5-3-4-6-17/h9-12,17,24H,3-8,13H2,1-2H3,(H,25,26). The molecular weight excluding hydrogens is 369 g/mol. The average molecular weight is 396 g/mol. The summed E-state index contributed by atoms with van der Waals surface area (Å²) in [6.45, 7) is 2.23.